The number of hydrogen-bond acceptors (Lipinski definition) is 7. The molecule has 0 unspecified atom stereocenters. The molecule has 0 spiro atoms. The van der Waals surface area contributed by atoms with Gasteiger partial charge in [0.05, 0.1) is 5.69 Å². The molecule has 2 aliphatic rings. The molecule has 8 nitrogen and oxygen atoms in total. The molecule has 0 fully saturated rings. The number of rotatable bonds is 3. The molecule has 0 saturated carbocycles. The summed E-state index contributed by atoms with van der Waals surface area (Å²) < 4.78 is 1.55. The van der Waals surface area contributed by atoms with Crippen LogP contribution in [0.3, 0.4) is 0 Å². The normalized spacial score (nSPS) is 17.1. The molecule has 172 valence electrons. The van der Waals surface area contributed by atoms with Crippen LogP contribution in [0.2, 0.25) is 0 Å². The van der Waals surface area contributed by atoms with E-state index in [2.05, 4.69) is 62.0 Å². The van der Waals surface area contributed by atoms with Crippen molar-refractivity contribution in [1.29, 1.82) is 0 Å². The first-order valence-corrected chi connectivity index (χ1v) is 12.0. The summed E-state index contributed by atoms with van der Waals surface area (Å²) in [6.07, 6.45) is 7.10. The average Bonchev–Trinajstić information content (AvgIpc) is 3.00. The summed E-state index contributed by atoms with van der Waals surface area (Å²) in [6, 6.07) is 17.1. The van der Waals surface area contributed by atoms with Crippen LogP contribution in [0.15, 0.2) is 48.5 Å². The summed E-state index contributed by atoms with van der Waals surface area (Å²) in [5.74, 6) is 1.28. The van der Waals surface area contributed by atoms with E-state index < -0.39 is 0 Å². The molecule has 0 bridgehead atoms. The zero-order valence-corrected chi connectivity index (χ0v) is 19.0. The maximum absolute atomic E-state index is 6.23. The van der Waals surface area contributed by atoms with Gasteiger partial charge in [0.1, 0.15) is 0 Å². The van der Waals surface area contributed by atoms with Gasteiger partial charge in [-0.05, 0) is 85.4 Å². The smallest absolute Gasteiger partial charge is 0.248 e. The van der Waals surface area contributed by atoms with Crippen molar-refractivity contribution in [2.45, 2.75) is 51.0 Å². The van der Waals surface area contributed by atoms with Crippen molar-refractivity contribution in [1.82, 2.24) is 25.0 Å². The molecule has 0 aliphatic heterocycles. The Labute approximate surface area is 198 Å². The Hall–Kier alpha value is -3.78. The van der Waals surface area contributed by atoms with Crippen LogP contribution in [0.25, 0.3) is 17.1 Å². The number of hydrogen-bond donors (Lipinski definition) is 3. The zero-order valence-electron chi connectivity index (χ0n) is 19.0. The summed E-state index contributed by atoms with van der Waals surface area (Å²) >= 11 is 0. The number of nitrogens with one attached hydrogen (secondary N) is 1. The Morgan fingerprint density at radius 2 is 1.68 bits per heavy atom. The number of aromatic nitrogens is 5. The highest BCUT2D eigenvalue weighted by Crippen LogP contribution is 2.31. The van der Waals surface area contributed by atoms with Gasteiger partial charge in [-0.15, -0.1) is 15.3 Å². The third-order valence-corrected chi connectivity index (χ3v) is 6.91. The lowest BCUT2D eigenvalue weighted by Gasteiger charge is -2.09. The van der Waals surface area contributed by atoms with Gasteiger partial charge in [0.15, 0.2) is 5.82 Å². The van der Waals surface area contributed by atoms with E-state index in [9.17, 15) is 0 Å². The Balaban J connectivity index is 1.28. The van der Waals surface area contributed by atoms with E-state index in [0.717, 1.165) is 67.5 Å². The highest BCUT2D eigenvalue weighted by atomic mass is 15.4. The van der Waals surface area contributed by atoms with Gasteiger partial charge in [0.2, 0.25) is 11.9 Å². The molecule has 8 heteroatoms. The summed E-state index contributed by atoms with van der Waals surface area (Å²) in [6.45, 7) is 0. The predicted octanol–water partition coefficient (Wildman–Crippen LogP) is 3.74. The van der Waals surface area contributed by atoms with Gasteiger partial charge in [0, 0.05) is 17.3 Å². The van der Waals surface area contributed by atoms with E-state index in [0.29, 0.717) is 11.8 Å². The van der Waals surface area contributed by atoms with Crippen molar-refractivity contribution in [2.24, 2.45) is 5.73 Å². The number of nitrogen functional groups attached to an aromatic ring is 1. The SMILES string of the molecule is Nc1nc(Nc2ccc3c(c2)CC[C@@H](N)CC3)nn1-c1cc2c(nn1)-c1ccccc1CCC2. The van der Waals surface area contributed by atoms with Crippen LogP contribution in [-0.4, -0.2) is 31.0 Å². The fourth-order valence-electron chi connectivity index (χ4n) is 5.06. The Morgan fingerprint density at radius 1 is 0.853 bits per heavy atom. The van der Waals surface area contributed by atoms with Crippen LogP contribution < -0.4 is 16.8 Å². The van der Waals surface area contributed by atoms with Gasteiger partial charge in [-0.2, -0.15) is 9.67 Å². The summed E-state index contributed by atoms with van der Waals surface area (Å²) in [5, 5.41) is 16.9. The largest absolute Gasteiger partial charge is 0.368 e. The third kappa shape index (κ3) is 3.90. The molecule has 2 heterocycles. The second kappa shape index (κ2) is 8.53. The standard InChI is InChI=1S/C26H28N8/c27-20-11-8-16-10-13-21(14-18(16)9-12-20)29-26-30-25(28)34(33-26)23-15-19-6-3-5-17-4-1-2-7-22(17)24(19)32-31-23/h1-2,4,7,10,13-15,20H,3,5-6,8-9,11-12,27H2,(H3,28,29,30,33)/t20-/m0/s1. The van der Waals surface area contributed by atoms with Gasteiger partial charge >= 0.3 is 0 Å². The minimum atomic E-state index is 0.270. The monoisotopic (exact) mass is 452 g/mol. The fraction of sp³-hybridized carbons (Fsp3) is 0.308. The third-order valence-electron chi connectivity index (χ3n) is 6.91. The first-order valence-electron chi connectivity index (χ1n) is 12.0. The predicted molar refractivity (Wildman–Crippen MR) is 133 cm³/mol. The van der Waals surface area contributed by atoms with Crippen molar-refractivity contribution in [3.63, 3.8) is 0 Å². The fourth-order valence-corrected chi connectivity index (χ4v) is 5.06. The van der Waals surface area contributed by atoms with Crippen molar-refractivity contribution < 1.29 is 0 Å². The molecule has 34 heavy (non-hydrogen) atoms. The molecule has 2 aromatic heterocycles. The van der Waals surface area contributed by atoms with Gasteiger partial charge in [-0.3, -0.25) is 0 Å². The highest BCUT2D eigenvalue weighted by molar-refractivity contribution is 5.68. The lowest BCUT2D eigenvalue weighted by molar-refractivity contribution is 0.589. The number of anilines is 3. The van der Waals surface area contributed by atoms with E-state index in [1.807, 2.05) is 12.1 Å². The van der Waals surface area contributed by atoms with Crippen LogP contribution in [0.4, 0.5) is 17.6 Å². The van der Waals surface area contributed by atoms with E-state index in [1.54, 1.807) is 4.68 Å². The van der Waals surface area contributed by atoms with Gasteiger partial charge in [-0.25, -0.2) is 0 Å². The number of nitrogens with two attached hydrogens (primary N) is 2. The number of benzene rings is 2. The Kier molecular flexibility index (Phi) is 5.22. The van der Waals surface area contributed by atoms with Crippen LogP contribution in [0.5, 0.6) is 0 Å². The molecule has 0 saturated heterocycles. The minimum absolute atomic E-state index is 0.270. The number of aryl methyl sites for hydroxylation is 4. The Morgan fingerprint density at radius 3 is 2.59 bits per heavy atom. The van der Waals surface area contributed by atoms with Crippen LogP contribution in [0, 0.1) is 0 Å². The average molecular weight is 453 g/mol. The van der Waals surface area contributed by atoms with E-state index >= 15 is 0 Å². The van der Waals surface area contributed by atoms with E-state index in [-0.39, 0.29) is 12.0 Å². The van der Waals surface area contributed by atoms with Gasteiger partial charge < -0.3 is 16.8 Å². The molecule has 6 rings (SSSR count). The molecule has 2 aromatic carbocycles. The van der Waals surface area contributed by atoms with Crippen molar-refractivity contribution >= 4 is 17.6 Å². The molecular formula is C26H28N8. The minimum Gasteiger partial charge on any atom is -0.368 e. The van der Waals surface area contributed by atoms with Crippen molar-refractivity contribution in [3.05, 3.63) is 70.8 Å². The van der Waals surface area contributed by atoms with Crippen molar-refractivity contribution in [3.8, 4) is 17.1 Å². The van der Waals surface area contributed by atoms with Gasteiger partial charge in [0.25, 0.3) is 0 Å². The molecule has 2 aliphatic carbocycles. The van der Waals surface area contributed by atoms with Crippen LogP contribution in [0.1, 0.15) is 41.5 Å². The zero-order chi connectivity index (χ0) is 23.1. The summed E-state index contributed by atoms with van der Waals surface area (Å²) in [5.41, 5.74) is 20.6. The quantitative estimate of drug-likeness (QED) is 0.405. The number of nitrogens with zero attached hydrogens (tertiary/aromatic N) is 5. The molecule has 5 N–H and O–H groups in total. The first-order chi connectivity index (χ1) is 16.6. The van der Waals surface area contributed by atoms with Crippen LogP contribution in [-0.2, 0) is 25.7 Å². The molecule has 1 atom stereocenters. The molecule has 4 aromatic rings. The maximum Gasteiger partial charge on any atom is 0.248 e. The summed E-state index contributed by atoms with van der Waals surface area (Å²) in [4.78, 5) is 4.42. The van der Waals surface area contributed by atoms with E-state index in [4.69, 9.17) is 11.5 Å². The maximum atomic E-state index is 6.23. The summed E-state index contributed by atoms with van der Waals surface area (Å²) in [7, 11) is 0. The lowest BCUT2D eigenvalue weighted by atomic mass is 10.0. The Bertz CT molecular complexity index is 1360. The number of fused-ring (bicyclic) bond motifs is 4. The van der Waals surface area contributed by atoms with Gasteiger partial charge in [-0.1, -0.05) is 30.3 Å². The molecule has 0 radical (unpaired) electrons. The molecular weight excluding hydrogens is 424 g/mol. The van der Waals surface area contributed by atoms with Crippen LogP contribution >= 0.6 is 0 Å². The second-order valence-corrected chi connectivity index (χ2v) is 9.24. The van der Waals surface area contributed by atoms with E-state index in [1.165, 1.54) is 16.7 Å². The topological polar surface area (TPSA) is 121 Å². The highest BCUT2D eigenvalue weighted by Gasteiger charge is 2.19. The second-order valence-electron chi connectivity index (χ2n) is 9.24. The lowest BCUT2D eigenvalue weighted by Crippen LogP contribution is -2.19. The first kappa shape index (κ1) is 20.8. The molecule has 0 amide bonds. The van der Waals surface area contributed by atoms with Crippen molar-refractivity contribution in [2.75, 3.05) is 11.1 Å².